The molecule has 20 heavy (non-hydrogen) atoms. The van der Waals surface area contributed by atoms with Crippen molar-refractivity contribution in [2.45, 2.75) is 19.9 Å². The highest BCUT2D eigenvalue weighted by atomic mass is 19.1. The molecule has 0 fully saturated rings. The monoisotopic (exact) mass is 277 g/mol. The minimum Gasteiger partial charge on any atom is -0.507 e. The lowest BCUT2D eigenvalue weighted by Gasteiger charge is -2.31. The van der Waals surface area contributed by atoms with Crippen molar-refractivity contribution in [3.05, 3.63) is 59.7 Å². The van der Waals surface area contributed by atoms with Gasteiger partial charge in [0.15, 0.2) is 0 Å². The van der Waals surface area contributed by atoms with E-state index in [4.69, 9.17) is 0 Å². The first-order valence-corrected chi connectivity index (χ1v) is 6.53. The smallest absolute Gasteiger partial charge is 0.126 e. The summed E-state index contributed by atoms with van der Waals surface area (Å²) in [5.41, 5.74) is 1.33. The summed E-state index contributed by atoms with van der Waals surface area (Å²) in [6.45, 7) is 4.48. The van der Waals surface area contributed by atoms with E-state index in [0.29, 0.717) is 12.1 Å². The molecule has 0 radical (unpaired) electrons. The van der Waals surface area contributed by atoms with Gasteiger partial charge in [-0.1, -0.05) is 12.1 Å². The van der Waals surface area contributed by atoms with Crippen molar-refractivity contribution in [1.29, 1.82) is 0 Å². The molecule has 0 spiro atoms. The van der Waals surface area contributed by atoms with Crippen molar-refractivity contribution in [3.8, 4) is 5.75 Å². The summed E-state index contributed by atoms with van der Waals surface area (Å²) in [5.74, 6) is -0.879. The van der Waals surface area contributed by atoms with E-state index >= 15 is 0 Å². The summed E-state index contributed by atoms with van der Waals surface area (Å²) in [4.78, 5) is 1.94. The minimum atomic E-state index is -0.479. The lowest BCUT2D eigenvalue weighted by atomic mass is 10.0. The van der Waals surface area contributed by atoms with Crippen LogP contribution in [0.25, 0.3) is 0 Å². The maximum atomic E-state index is 13.3. The summed E-state index contributed by atoms with van der Waals surface area (Å²) in [7, 11) is 0. The normalized spacial score (nSPS) is 12.2. The summed E-state index contributed by atoms with van der Waals surface area (Å²) >= 11 is 0. The van der Waals surface area contributed by atoms with Gasteiger partial charge in [-0.25, -0.2) is 8.78 Å². The van der Waals surface area contributed by atoms with Gasteiger partial charge in [-0.2, -0.15) is 0 Å². The topological polar surface area (TPSA) is 23.5 Å². The van der Waals surface area contributed by atoms with Crippen LogP contribution in [-0.2, 0) is 0 Å². The van der Waals surface area contributed by atoms with Crippen molar-refractivity contribution >= 4 is 5.69 Å². The molecule has 0 amide bonds. The Hall–Kier alpha value is -2.10. The zero-order valence-electron chi connectivity index (χ0n) is 11.5. The Kier molecular flexibility index (Phi) is 4.23. The minimum absolute atomic E-state index is 0.0904. The number of hydrogen-bond acceptors (Lipinski definition) is 2. The van der Waals surface area contributed by atoms with Crippen molar-refractivity contribution in [3.63, 3.8) is 0 Å². The van der Waals surface area contributed by atoms with Crippen LogP contribution in [0, 0.1) is 11.6 Å². The van der Waals surface area contributed by atoms with Crippen LogP contribution in [0.4, 0.5) is 14.5 Å². The molecule has 0 aliphatic heterocycles. The van der Waals surface area contributed by atoms with Crippen LogP contribution in [0.15, 0.2) is 42.5 Å². The first kappa shape index (κ1) is 14.3. The van der Waals surface area contributed by atoms with Gasteiger partial charge in [0.05, 0.1) is 6.04 Å². The Bertz CT molecular complexity index is 601. The fourth-order valence-corrected chi connectivity index (χ4v) is 2.37. The predicted molar refractivity (Wildman–Crippen MR) is 75.9 cm³/mol. The quantitative estimate of drug-likeness (QED) is 0.902. The molecule has 0 saturated carbocycles. The molecule has 2 aromatic rings. The van der Waals surface area contributed by atoms with Crippen LogP contribution >= 0.6 is 0 Å². The second-order valence-corrected chi connectivity index (χ2v) is 4.64. The number of halogens is 2. The lowest BCUT2D eigenvalue weighted by molar-refractivity contribution is 0.455. The first-order chi connectivity index (χ1) is 9.52. The van der Waals surface area contributed by atoms with E-state index in [1.54, 1.807) is 12.1 Å². The molecule has 0 aliphatic carbocycles. The molecular formula is C16H17F2NO. The Labute approximate surface area is 117 Å². The molecule has 0 saturated heterocycles. The number of phenols is 1. The van der Waals surface area contributed by atoms with Gasteiger partial charge in [-0.15, -0.1) is 0 Å². The van der Waals surface area contributed by atoms with Crippen LogP contribution in [-0.4, -0.2) is 11.7 Å². The molecule has 0 aromatic heterocycles. The fraction of sp³-hybridized carbons (Fsp3) is 0.250. The third kappa shape index (κ3) is 2.90. The lowest BCUT2D eigenvalue weighted by Crippen LogP contribution is -2.26. The second kappa shape index (κ2) is 5.90. The molecule has 0 aliphatic rings. The van der Waals surface area contributed by atoms with Crippen molar-refractivity contribution in [1.82, 2.24) is 0 Å². The molecule has 2 nitrogen and oxygen atoms in total. The molecule has 0 heterocycles. The van der Waals surface area contributed by atoms with Crippen LogP contribution in [0.1, 0.15) is 25.5 Å². The molecule has 0 bridgehead atoms. The highest BCUT2D eigenvalue weighted by Gasteiger charge is 2.18. The van der Waals surface area contributed by atoms with Crippen LogP contribution in [0.3, 0.4) is 0 Å². The zero-order chi connectivity index (χ0) is 14.7. The van der Waals surface area contributed by atoms with Crippen molar-refractivity contribution in [2.24, 2.45) is 0 Å². The van der Waals surface area contributed by atoms with E-state index in [9.17, 15) is 13.9 Å². The van der Waals surface area contributed by atoms with E-state index in [2.05, 4.69) is 0 Å². The molecule has 1 N–H and O–H groups in total. The zero-order valence-corrected chi connectivity index (χ0v) is 11.5. The van der Waals surface area contributed by atoms with Crippen LogP contribution < -0.4 is 4.90 Å². The van der Waals surface area contributed by atoms with Gasteiger partial charge in [0, 0.05) is 23.9 Å². The molecule has 4 heteroatoms. The molecule has 106 valence electrons. The Balaban J connectivity index is 2.36. The number of hydrogen-bond donors (Lipinski definition) is 1. The van der Waals surface area contributed by atoms with Gasteiger partial charge in [0.1, 0.15) is 17.4 Å². The molecule has 2 rings (SSSR count). The third-order valence-corrected chi connectivity index (χ3v) is 3.39. The molecule has 2 aromatic carbocycles. The maximum Gasteiger partial charge on any atom is 0.126 e. The van der Waals surface area contributed by atoms with E-state index in [0.717, 1.165) is 11.8 Å². The number of anilines is 1. The summed E-state index contributed by atoms with van der Waals surface area (Å²) < 4.78 is 26.4. The van der Waals surface area contributed by atoms with E-state index in [-0.39, 0.29) is 17.6 Å². The summed E-state index contributed by atoms with van der Waals surface area (Å²) in [6.07, 6.45) is 0. The number of benzene rings is 2. The number of nitrogens with zero attached hydrogens (tertiary/aromatic N) is 1. The van der Waals surface area contributed by atoms with Gasteiger partial charge in [0.2, 0.25) is 0 Å². The van der Waals surface area contributed by atoms with Crippen molar-refractivity contribution in [2.75, 3.05) is 11.4 Å². The average molecular weight is 277 g/mol. The van der Waals surface area contributed by atoms with Crippen molar-refractivity contribution < 1.29 is 13.9 Å². The van der Waals surface area contributed by atoms with E-state index in [1.807, 2.05) is 24.8 Å². The SMILES string of the molecule is CCN(c1cccc(F)c1)C(C)c1ccc(F)cc1O. The fourth-order valence-electron chi connectivity index (χ4n) is 2.37. The molecule has 1 atom stereocenters. The van der Waals surface area contributed by atoms with E-state index < -0.39 is 5.82 Å². The number of aromatic hydroxyl groups is 1. The third-order valence-electron chi connectivity index (χ3n) is 3.39. The first-order valence-electron chi connectivity index (χ1n) is 6.53. The van der Waals surface area contributed by atoms with Gasteiger partial charge >= 0.3 is 0 Å². The van der Waals surface area contributed by atoms with Gasteiger partial charge in [0.25, 0.3) is 0 Å². The average Bonchev–Trinajstić information content (AvgIpc) is 2.39. The van der Waals surface area contributed by atoms with E-state index in [1.165, 1.54) is 18.2 Å². The Morgan fingerprint density at radius 2 is 1.80 bits per heavy atom. The van der Waals surface area contributed by atoms with Gasteiger partial charge < -0.3 is 10.0 Å². The second-order valence-electron chi connectivity index (χ2n) is 4.64. The molecule has 1 unspecified atom stereocenters. The summed E-state index contributed by atoms with van der Waals surface area (Å²) in [6, 6.07) is 10.0. The highest BCUT2D eigenvalue weighted by molar-refractivity contribution is 5.50. The highest BCUT2D eigenvalue weighted by Crippen LogP contribution is 2.32. The summed E-state index contributed by atoms with van der Waals surface area (Å²) in [5, 5.41) is 9.87. The van der Waals surface area contributed by atoms with Gasteiger partial charge in [-0.3, -0.25) is 0 Å². The number of rotatable bonds is 4. The largest absolute Gasteiger partial charge is 0.507 e. The molecular weight excluding hydrogens is 260 g/mol. The van der Waals surface area contributed by atoms with Crippen LogP contribution in [0.5, 0.6) is 5.75 Å². The predicted octanol–water partition coefficient (Wildman–Crippen LogP) is 4.26. The standard InChI is InChI=1S/C16H17F2NO/c1-3-19(14-6-4-5-12(17)9-14)11(2)15-8-7-13(18)10-16(15)20/h4-11,20H,3H2,1-2H3. The number of phenolic OH excluding ortho intramolecular Hbond substituents is 1. The Morgan fingerprint density at radius 3 is 2.40 bits per heavy atom. The Morgan fingerprint density at radius 1 is 1.10 bits per heavy atom. The van der Waals surface area contributed by atoms with Crippen LogP contribution in [0.2, 0.25) is 0 Å². The maximum absolute atomic E-state index is 13.3. The van der Waals surface area contributed by atoms with Gasteiger partial charge in [-0.05, 0) is 38.1 Å².